The van der Waals surface area contributed by atoms with Crippen LogP contribution in [0.5, 0.6) is 0 Å². The van der Waals surface area contributed by atoms with Gasteiger partial charge in [0.05, 0.1) is 6.61 Å². The van der Waals surface area contributed by atoms with Crippen LogP contribution in [0.3, 0.4) is 0 Å². The molecule has 0 aliphatic rings. The number of carboxylic acids is 1. The first-order valence-corrected chi connectivity index (χ1v) is 7.17. The lowest BCUT2D eigenvalue weighted by atomic mass is 10.1. The van der Waals surface area contributed by atoms with E-state index in [1.54, 1.807) is 4.90 Å². The third kappa shape index (κ3) is 7.99. The molecule has 0 fully saturated rings. The number of hydrogen-bond acceptors (Lipinski definition) is 3. The van der Waals surface area contributed by atoms with E-state index in [0.29, 0.717) is 24.9 Å². The summed E-state index contributed by atoms with van der Waals surface area (Å²) in [5.74, 6) is -0.288. The van der Waals surface area contributed by atoms with E-state index < -0.39 is 24.6 Å². The second-order valence-electron chi connectivity index (χ2n) is 5.87. The number of amides is 2. The quantitative estimate of drug-likeness (QED) is 0.600. The van der Waals surface area contributed by atoms with Crippen LogP contribution in [0.15, 0.2) is 0 Å². The van der Waals surface area contributed by atoms with Crippen LogP contribution in [-0.4, -0.2) is 52.9 Å². The fraction of sp³-hybridized carbons (Fsp3) is 0.857. The molecule has 0 aliphatic heterocycles. The maximum Gasteiger partial charge on any atom is 0.328 e. The van der Waals surface area contributed by atoms with E-state index in [2.05, 4.69) is 33.0 Å². The van der Waals surface area contributed by atoms with Crippen LogP contribution in [-0.2, 0) is 4.79 Å². The van der Waals surface area contributed by atoms with E-state index in [1.807, 2.05) is 0 Å². The molecular formula is C14H28N2O4. The van der Waals surface area contributed by atoms with Crippen molar-refractivity contribution >= 4 is 12.0 Å². The van der Waals surface area contributed by atoms with Crippen molar-refractivity contribution < 1.29 is 19.8 Å². The Morgan fingerprint density at radius 1 is 1.05 bits per heavy atom. The smallest absolute Gasteiger partial charge is 0.328 e. The molecule has 118 valence electrons. The van der Waals surface area contributed by atoms with Gasteiger partial charge in [0.2, 0.25) is 0 Å². The van der Waals surface area contributed by atoms with Crippen LogP contribution in [0.4, 0.5) is 4.79 Å². The predicted molar refractivity (Wildman–Crippen MR) is 77.5 cm³/mol. The second-order valence-corrected chi connectivity index (χ2v) is 5.87. The molecule has 3 N–H and O–H groups in total. The summed E-state index contributed by atoms with van der Waals surface area (Å²) in [5, 5.41) is 20.1. The fourth-order valence-electron chi connectivity index (χ4n) is 1.57. The summed E-state index contributed by atoms with van der Waals surface area (Å²) in [6.45, 7) is 8.88. The SMILES string of the molecule is CC(C)CCN(CCC(C)C)C(=O)N[C@H](CO)C(=O)O. The highest BCUT2D eigenvalue weighted by Crippen LogP contribution is 2.07. The number of nitrogens with one attached hydrogen (secondary N) is 1. The Bertz CT molecular complexity index is 294. The molecule has 0 aliphatic carbocycles. The molecule has 0 bridgehead atoms. The Hall–Kier alpha value is -1.30. The Labute approximate surface area is 121 Å². The predicted octanol–water partition coefficient (Wildman–Crippen LogP) is 1.54. The summed E-state index contributed by atoms with van der Waals surface area (Å²) >= 11 is 0. The Morgan fingerprint density at radius 2 is 1.50 bits per heavy atom. The molecule has 6 heteroatoms. The molecule has 0 radical (unpaired) electrons. The zero-order valence-corrected chi connectivity index (χ0v) is 12.9. The van der Waals surface area contributed by atoms with E-state index in [4.69, 9.17) is 10.2 Å². The molecule has 0 heterocycles. The highest BCUT2D eigenvalue weighted by Gasteiger charge is 2.22. The van der Waals surface area contributed by atoms with Gasteiger partial charge in [-0.3, -0.25) is 0 Å². The maximum absolute atomic E-state index is 12.1. The average molecular weight is 288 g/mol. The van der Waals surface area contributed by atoms with Crippen LogP contribution in [0.1, 0.15) is 40.5 Å². The summed E-state index contributed by atoms with van der Waals surface area (Å²) in [6.07, 6.45) is 1.73. The van der Waals surface area contributed by atoms with Gasteiger partial charge in [-0.15, -0.1) is 0 Å². The second kappa shape index (κ2) is 9.58. The average Bonchev–Trinajstić information content (AvgIpc) is 2.34. The van der Waals surface area contributed by atoms with Gasteiger partial charge in [-0.05, 0) is 24.7 Å². The van der Waals surface area contributed by atoms with Crippen LogP contribution in [0.2, 0.25) is 0 Å². The molecule has 0 saturated carbocycles. The lowest BCUT2D eigenvalue weighted by Crippen LogP contribution is -2.50. The van der Waals surface area contributed by atoms with Gasteiger partial charge in [0.25, 0.3) is 0 Å². The molecule has 6 nitrogen and oxygen atoms in total. The number of aliphatic hydroxyl groups excluding tert-OH is 1. The van der Waals surface area contributed by atoms with E-state index in [-0.39, 0.29) is 0 Å². The molecule has 0 unspecified atom stereocenters. The van der Waals surface area contributed by atoms with E-state index in [0.717, 1.165) is 12.8 Å². The van der Waals surface area contributed by atoms with E-state index in [9.17, 15) is 9.59 Å². The number of urea groups is 1. The van der Waals surface area contributed by atoms with Crippen LogP contribution >= 0.6 is 0 Å². The van der Waals surface area contributed by atoms with Gasteiger partial charge in [0, 0.05) is 13.1 Å². The molecule has 0 rings (SSSR count). The van der Waals surface area contributed by atoms with Gasteiger partial charge in [-0.1, -0.05) is 27.7 Å². The van der Waals surface area contributed by atoms with Crippen molar-refractivity contribution in [1.82, 2.24) is 10.2 Å². The van der Waals surface area contributed by atoms with Crippen LogP contribution in [0.25, 0.3) is 0 Å². The lowest BCUT2D eigenvalue weighted by Gasteiger charge is -2.26. The number of nitrogens with zero attached hydrogens (tertiary/aromatic N) is 1. The molecule has 0 aromatic heterocycles. The first kappa shape index (κ1) is 18.7. The van der Waals surface area contributed by atoms with Crippen molar-refractivity contribution in [3.8, 4) is 0 Å². The minimum atomic E-state index is -1.25. The number of aliphatic carboxylic acids is 1. The van der Waals surface area contributed by atoms with Gasteiger partial charge in [-0.25, -0.2) is 9.59 Å². The first-order valence-electron chi connectivity index (χ1n) is 7.17. The third-order valence-corrected chi connectivity index (χ3v) is 3.02. The normalized spacial score (nSPS) is 12.6. The van der Waals surface area contributed by atoms with Crippen molar-refractivity contribution in [3.63, 3.8) is 0 Å². The highest BCUT2D eigenvalue weighted by atomic mass is 16.4. The number of aliphatic hydroxyl groups is 1. The standard InChI is InChI=1S/C14H28N2O4/c1-10(2)5-7-16(8-6-11(3)4)14(20)15-12(9-17)13(18)19/h10-12,17H,5-9H2,1-4H3,(H,15,20)(H,18,19)/t12-/m1/s1. The number of carbonyl (C=O) groups excluding carboxylic acids is 1. The van der Waals surface area contributed by atoms with Gasteiger partial charge >= 0.3 is 12.0 Å². The third-order valence-electron chi connectivity index (χ3n) is 3.02. The van der Waals surface area contributed by atoms with Crippen molar-refractivity contribution in [2.75, 3.05) is 19.7 Å². The monoisotopic (exact) mass is 288 g/mol. The largest absolute Gasteiger partial charge is 0.480 e. The topological polar surface area (TPSA) is 89.9 Å². The fourth-order valence-corrected chi connectivity index (χ4v) is 1.57. The molecule has 0 aromatic rings. The maximum atomic E-state index is 12.1. The molecular weight excluding hydrogens is 260 g/mol. The summed E-state index contributed by atoms with van der Waals surface area (Å²) in [4.78, 5) is 24.5. The number of carbonyl (C=O) groups is 2. The first-order chi connectivity index (χ1) is 9.27. The number of hydrogen-bond donors (Lipinski definition) is 3. The van der Waals surface area contributed by atoms with Crippen molar-refractivity contribution in [1.29, 1.82) is 0 Å². The molecule has 0 aromatic carbocycles. The molecule has 20 heavy (non-hydrogen) atoms. The number of carboxylic acid groups (broad SMARTS) is 1. The van der Waals surface area contributed by atoms with Gasteiger partial charge in [-0.2, -0.15) is 0 Å². The molecule has 2 amide bonds. The van der Waals surface area contributed by atoms with Gasteiger partial charge in [0.1, 0.15) is 0 Å². The summed E-state index contributed by atoms with van der Waals surface area (Å²) in [5.41, 5.74) is 0. The number of rotatable bonds is 9. The molecule has 0 spiro atoms. The minimum Gasteiger partial charge on any atom is -0.480 e. The van der Waals surface area contributed by atoms with E-state index in [1.165, 1.54) is 0 Å². The summed E-state index contributed by atoms with van der Waals surface area (Å²) in [6, 6.07) is -1.67. The van der Waals surface area contributed by atoms with Crippen molar-refractivity contribution in [3.05, 3.63) is 0 Å². The summed E-state index contributed by atoms with van der Waals surface area (Å²) < 4.78 is 0. The van der Waals surface area contributed by atoms with Crippen LogP contribution < -0.4 is 5.32 Å². The molecule has 0 saturated heterocycles. The Balaban J connectivity index is 4.55. The Kier molecular flexibility index (Phi) is 8.96. The van der Waals surface area contributed by atoms with Crippen molar-refractivity contribution in [2.24, 2.45) is 11.8 Å². The van der Waals surface area contributed by atoms with E-state index >= 15 is 0 Å². The highest BCUT2D eigenvalue weighted by molar-refractivity contribution is 5.82. The zero-order valence-electron chi connectivity index (χ0n) is 12.9. The van der Waals surface area contributed by atoms with Crippen molar-refractivity contribution in [2.45, 2.75) is 46.6 Å². The van der Waals surface area contributed by atoms with Gasteiger partial charge < -0.3 is 20.4 Å². The zero-order chi connectivity index (χ0) is 15.7. The van der Waals surface area contributed by atoms with Crippen LogP contribution in [0, 0.1) is 11.8 Å². The molecule has 1 atom stereocenters. The lowest BCUT2D eigenvalue weighted by molar-refractivity contribution is -0.140. The Morgan fingerprint density at radius 3 is 1.80 bits per heavy atom. The summed E-state index contributed by atoms with van der Waals surface area (Å²) in [7, 11) is 0. The van der Waals surface area contributed by atoms with Gasteiger partial charge in [0.15, 0.2) is 6.04 Å². The minimum absolute atomic E-state index is 0.423.